The van der Waals surface area contributed by atoms with Crippen LogP contribution in [0.5, 0.6) is 11.5 Å². The minimum absolute atomic E-state index is 0.0999. The number of carbonyl (C=O) groups excluding carboxylic acids is 1. The predicted octanol–water partition coefficient (Wildman–Crippen LogP) is 2.39. The van der Waals surface area contributed by atoms with Gasteiger partial charge in [0, 0.05) is 30.2 Å². The van der Waals surface area contributed by atoms with Gasteiger partial charge in [0.15, 0.2) is 0 Å². The van der Waals surface area contributed by atoms with Crippen LogP contribution in [0.25, 0.3) is 0 Å². The lowest BCUT2D eigenvalue weighted by Gasteiger charge is -2.36. The number of thioether (sulfide) groups is 2. The highest BCUT2D eigenvalue weighted by molar-refractivity contribution is 7.99. The maximum Gasteiger partial charge on any atom is 0.224 e. The van der Waals surface area contributed by atoms with E-state index in [4.69, 9.17) is 14.6 Å². The first-order valence-electron chi connectivity index (χ1n) is 7.53. The van der Waals surface area contributed by atoms with Crippen LogP contribution in [0.2, 0.25) is 0 Å². The zero-order valence-electron chi connectivity index (χ0n) is 13.5. The van der Waals surface area contributed by atoms with Crippen LogP contribution in [0.3, 0.4) is 0 Å². The van der Waals surface area contributed by atoms with Crippen LogP contribution in [0.4, 0.5) is 0 Å². The number of benzene rings is 1. The summed E-state index contributed by atoms with van der Waals surface area (Å²) in [5.41, 5.74) is 0.919. The number of nitrogens with zero attached hydrogens (tertiary/aromatic N) is 1. The van der Waals surface area contributed by atoms with Crippen molar-refractivity contribution in [2.75, 3.05) is 44.6 Å². The van der Waals surface area contributed by atoms with Gasteiger partial charge in [0.1, 0.15) is 16.9 Å². The molecule has 1 saturated heterocycles. The minimum atomic E-state index is -0.0999. The first-order valence-corrected chi connectivity index (χ1v) is 9.73. The Kier molecular flexibility index (Phi) is 7.39. The van der Waals surface area contributed by atoms with Crippen molar-refractivity contribution in [2.45, 2.75) is 11.8 Å². The van der Waals surface area contributed by atoms with Gasteiger partial charge >= 0.3 is 0 Å². The molecule has 0 saturated carbocycles. The molecule has 1 N–H and O–H groups in total. The standard InChI is InChI=1S/C16H23NO4S2/c1-20-12-4-3-5-13(21-2)15(12)16-17(7-10-22-11-8-18)14(19)6-9-23-16/h3-5,16,18H,6-11H2,1-2H3. The molecule has 0 bridgehead atoms. The number of hydrogen-bond acceptors (Lipinski definition) is 6. The number of aliphatic hydroxyl groups excluding tert-OH is 1. The molecule has 0 radical (unpaired) electrons. The molecule has 1 atom stereocenters. The molecule has 1 aromatic rings. The molecule has 0 aliphatic carbocycles. The first kappa shape index (κ1) is 18.3. The summed E-state index contributed by atoms with van der Waals surface area (Å²) in [6.45, 7) is 0.819. The van der Waals surface area contributed by atoms with Crippen LogP contribution in [-0.2, 0) is 4.79 Å². The van der Waals surface area contributed by atoms with Crippen molar-refractivity contribution in [1.82, 2.24) is 4.90 Å². The second-order valence-corrected chi connectivity index (χ2v) is 7.39. The molecule has 1 aliphatic rings. The summed E-state index contributed by atoms with van der Waals surface area (Å²) in [5, 5.41) is 8.78. The molecule has 1 fully saturated rings. The molecule has 0 spiro atoms. The van der Waals surface area contributed by atoms with Crippen molar-refractivity contribution in [3.05, 3.63) is 23.8 Å². The number of rotatable bonds is 8. The molecule has 1 unspecified atom stereocenters. The van der Waals surface area contributed by atoms with E-state index in [0.29, 0.717) is 18.7 Å². The summed E-state index contributed by atoms with van der Waals surface area (Å²) in [6.07, 6.45) is 0.559. The number of carbonyl (C=O) groups is 1. The molecule has 2 rings (SSSR count). The number of hydrogen-bond donors (Lipinski definition) is 1. The number of amides is 1. The van der Waals surface area contributed by atoms with Gasteiger partial charge in [0.2, 0.25) is 5.91 Å². The van der Waals surface area contributed by atoms with Gasteiger partial charge in [0.05, 0.1) is 26.4 Å². The van der Waals surface area contributed by atoms with Crippen LogP contribution in [0, 0.1) is 0 Å². The van der Waals surface area contributed by atoms with Crippen LogP contribution in [0.1, 0.15) is 17.4 Å². The van der Waals surface area contributed by atoms with Crippen LogP contribution in [0.15, 0.2) is 18.2 Å². The van der Waals surface area contributed by atoms with E-state index in [9.17, 15) is 4.79 Å². The van der Waals surface area contributed by atoms with Crippen LogP contribution >= 0.6 is 23.5 Å². The Hall–Kier alpha value is -1.05. The third-order valence-corrected chi connectivity index (χ3v) is 5.81. The lowest BCUT2D eigenvalue weighted by Crippen LogP contribution is -2.39. The maximum absolute atomic E-state index is 12.4. The smallest absolute Gasteiger partial charge is 0.224 e. The van der Waals surface area contributed by atoms with Crippen molar-refractivity contribution in [3.8, 4) is 11.5 Å². The van der Waals surface area contributed by atoms with Gasteiger partial charge < -0.3 is 19.5 Å². The highest BCUT2D eigenvalue weighted by Gasteiger charge is 2.33. The first-order chi connectivity index (χ1) is 11.2. The third-order valence-electron chi connectivity index (χ3n) is 3.62. The summed E-state index contributed by atoms with van der Waals surface area (Å²) in [6, 6.07) is 5.68. The summed E-state index contributed by atoms with van der Waals surface area (Å²) in [5.74, 6) is 3.93. The van der Waals surface area contributed by atoms with Gasteiger partial charge in [-0.2, -0.15) is 11.8 Å². The molecule has 128 valence electrons. The van der Waals surface area contributed by atoms with E-state index in [1.54, 1.807) is 37.7 Å². The second kappa shape index (κ2) is 9.30. The average Bonchev–Trinajstić information content (AvgIpc) is 2.59. The zero-order valence-corrected chi connectivity index (χ0v) is 15.1. The Balaban J connectivity index is 2.25. The fourth-order valence-electron chi connectivity index (χ4n) is 2.56. The number of aliphatic hydroxyl groups is 1. The highest BCUT2D eigenvalue weighted by atomic mass is 32.2. The molecule has 1 heterocycles. The normalized spacial score (nSPS) is 18.1. The van der Waals surface area contributed by atoms with E-state index in [1.807, 2.05) is 23.1 Å². The Labute approximate surface area is 145 Å². The zero-order chi connectivity index (χ0) is 16.7. The average molecular weight is 357 g/mol. The third kappa shape index (κ3) is 4.49. The van der Waals surface area contributed by atoms with Crippen molar-refractivity contribution >= 4 is 29.4 Å². The topological polar surface area (TPSA) is 59.0 Å². The lowest BCUT2D eigenvalue weighted by atomic mass is 10.1. The van der Waals surface area contributed by atoms with Gasteiger partial charge in [-0.25, -0.2) is 0 Å². The van der Waals surface area contributed by atoms with Gasteiger partial charge in [-0.05, 0) is 12.1 Å². The fraction of sp³-hybridized carbons (Fsp3) is 0.562. The van der Waals surface area contributed by atoms with Crippen LogP contribution in [-0.4, -0.2) is 60.5 Å². The number of methoxy groups -OCH3 is 2. The fourth-order valence-corrected chi connectivity index (χ4v) is 4.53. The van der Waals surface area contributed by atoms with E-state index in [-0.39, 0.29) is 17.9 Å². The SMILES string of the molecule is COc1cccc(OC)c1C1SCCC(=O)N1CCSCCO. The second-order valence-electron chi connectivity index (χ2n) is 4.97. The molecule has 1 aromatic carbocycles. The molecular formula is C16H23NO4S2. The molecule has 1 aliphatic heterocycles. The van der Waals surface area contributed by atoms with Crippen molar-refractivity contribution in [1.29, 1.82) is 0 Å². The van der Waals surface area contributed by atoms with Gasteiger partial charge in [0.25, 0.3) is 0 Å². The molecule has 5 nitrogen and oxygen atoms in total. The Morgan fingerprint density at radius 1 is 1.30 bits per heavy atom. The molecule has 23 heavy (non-hydrogen) atoms. The maximum atomic E-state index is 12.4. The van der Waals surface area contributed by atoms with Crippen molar-refractivity contribution < 1.29 is 19.4 Å². The monoisotopic (exact) mass is 357 g/mol. The van der Waals surface area contributed by atoms with Crippen molar-refractivity contribution in [3.63, 3.8) is 0 Å². The summed E-state index contributed by atoms with van der Waals surface area (Å²) in [4.78, 5) is 14.3. The van der Waals surface area contributed by atoms with Gasteiger partial charge in [-0.1, -0.05) is 6.07 Å². The molecular weight excluding hydrogens is 334 g/mol. The van der Waals surface area contributed by atoms with Gasteiger partial charge in [-0.3, -0.25) is 4.79 Å². The summed E-state index contributed by atoms with van der Waals surface area (Å²) >= 11 is 3.39. The van der Waals surface area contributed by atoms with E-state index < -0.39 is 0 Å². The summed E-state index contributed by atoms with van der Waals surface area (Å²) < 4.78 is 11.0. The Morgan fingerprint density at radius 3 is 2.61 bits per heavy atom. The molecule has 1 amide bonds. The highest BCUT2D eigenvalue weighted by Crippen LogP contribution is 2.45. The Bertz CT molecular complexity index is 505. The molecule has 7 heteroatoms. The van der Waals surface area contributed by atoms with E-state index in [0.717, 1.165) is 28.6 Å². The quantitative estimate of drug-likeness (QED) is 0.721. The van der Waals surface area contributed by atoms with Crippen LogP contribution < -0.4 is 9.47 Å². The van der Waals surface area contributed by atoms with E-state index >= 15 is 0 Å². The van der Waals surface area contributed by atoms with Crippen molar-refractivity contribution in [2.24, 2.45) is 0 Å². The van der Waals surface area contributed by atoms with Gasteiger partial charge in [-0.15, -0.1) is 11.8 Å². The minimum Gasteiger partial charge on any atom is -0.496 e. The largest absolute Gasteiger partial charge is 0.496 e. The predicted molar refractivity (Wildman–Crippen MR) is 95.5 cm³/mol. The number of ether oxygens (including phenoxy) is 2. The Morgan fingerprint density at radius 2 is 2.00 bits per heavy atom. The lowest BCUT2D eigenvalue weighted by molar-refractivity contribution is -0.131. The van der Waals surface area contributed by atoms with E-state index in [1.165, 1.54) is 0 Å². The summed E-state index contributed by atoms with van der Waals surface area (Å²) in [7, 11) is 3.27. The van der Waals surface area contributed by atoms with E-state index in [2.05, 4.69) is 0 Å². The molecule has 0 aromatic heterocycles.